The molecule has 1 aromatic heterocycles. The summed E-state index contributed by atoms with van der Waals surface area (Å²) in [6, 6.07) is 0. The van der Waals surface area contributed by atoms with Gasteiger partial charge in [0.05, 0.1) is 5.69 Å². The van der Waals surface area contributed by atoms with Crippen LogP contribution in [-0.2, 0) is 0 Å². The van der Waals surface area contributed by atoms with Crippen LogP contribution in [0, 0.1) is 0 Å². The van der Waals surface area contributed by atoms with Crippen molar-refractivity contribution in [3.8, 4) is 0 Å². The first kappa shape index (κ1) is 10.6. The molecule has 82 valence electrons. The quantitative estimate of drug-likeness (QED) is 0.803. The average molecular weight is 205 g/mol. The van der Waals surface area contributed by atoms with E-state index in [-0.39, 0.29) is 0 Å². The molecule has 2 rings (SSSR count). The molecule has 3 heteroatoms. The highest BCUT2D eigenvalue weighted by atomic mass is 14.9. The lowest BCUT2D eigenvalue weighted by molar-refractivity contribution is 0.448. The van der Waals surface area contributed by atoms with Gasteiger partial charge in [0.25, 0.3) is 0 Å². The minimum absolute atomic E-state index is 0.524. The zero-order valence-corrected chi connectivity index (χ0v) is 9.53. The van der Waals surface area contributed by atoms with Crippen LogP contribution in [0.15, 0.2) is 12.5 Å². The average Bonchev–Trinajstić information content (AvgIpc) is 2.30. The molecule has 0 atom stereocenters. The van der Waals surface area contributed by atoms with Crippen molar-refractivity contribution in [1.82, 2.24) is 15.3 Å². The van der Waals surface area contributed by atoms with Gasteiger partial charge in [0, 0.05) is 12.1 Å². The number of nitrogens with zero attached hydrogens (tertiary/aromatic N) is 2. The molecular weight excluding hydrogens is 186 g/mol. The van der Waals surface area contributed by atoms with Crippen LogP contribution >= 0.6 is 0 Å². The molecule has 0 unspecified atom stereocenters. The molecule has 3 nitrogen and oxygen atoms in total. The van der Waals surface area contributed by atoms with E-state index in [0.29, 0.717) is 11.8 Å². The summed E-state index contributed by atoms with van der Waals surface area (Å²) in [5, 5.41) is 3.39. The summed E-state index contributed by atoms with van der Waals surface area (Å²) in [5.74, 6) is 1.16. The van der Waals surface area contributed by atoms with Gasteiger partial charge in [-0.3, -0.25) is 0 Å². The molecule has 1 aliphatic rings. The van der Waals surface area contributed by atoms with Crippen molar-refractivity contribution in [3.63, 3.8) is 0 Å². The second kappa shape index (κ2) is 4.71. The third kappa shape index (κ3) is 2.34. The van der Waals surface area contributed by atoms with E-state index in [4.69, 9.17) is 0 Å². The van der Waals surface area contributed by atoms with Crippen molar-refractivity contribution in [3.05, 3.63) is 23.8 Å². The van der Waals surface area contributed by atoms with E-state index in [1.807, 2.05) is 6.20 Å². The Labute approximate surface area is 91.3 Å². The van der Waals surface area contributed by atoms with Gasteiger partial charge in [0.15, 0.2) is 0 Å². The Morgan fingerprint density at radius 2 is 2.07 bits per heavy atom. The molecule has 0 amide bonds. The topological polar surface area (TPSA) is 37.8 Å². The number of hydrogen-bond acceptors (Lipinski definition) is 3. The summed E-state index contributed by atoms with van der Waals surface area (Å²) in [5.41, 5.74) is 2.60. The number of nitrogens with one attached hydrogen (secondary N) is 1. The molecular formula is C12H19N3. The first-order chi connectivity index (χ1) is 7.29. The molecule has 1 fully saturated rings. The molecule has 15 heavy (non-hydrogen) atoms. The summed E-state index contributed by atoms with van der Waals surface area (Å²) in [6.07, 6.45) is 6.08. The Hall–Kier alpha value is -0.960. The van der Waals surface area contributed by atoms with Gasteiger partial charge in [-0.05, 0) is 37.4 Å². The second-order valence-electron chi connectivity index (χ2n) is 4.54. The first-order valence-corrected chi connectivity index (χ1v) is 5.79. The number of aromatic nitrogens is 2. The molecule has 1 aromatic rings. The minimum atomic E-state index is 0.524. The first-order valence-electron chi connectivity index (χ1n) is 5.79. The Morgan fingerprint density at radius 3 is 2.73 bits per heavy atom. The third-order valence-corrected chi connectivity index (χ3v) is 3.12. The van der Waals surface area contributed by atoms with Crippen LogP contribution in [0.4, 0.5) is 0 Å². The van der Waals surface area contributed by atoms with Gasteiger partial charge >= 0.3 is 0 Å². The van der Waals surface area contributed by atoms with Crippen molar-refractivity contribution in [2.45, 2.75) is 38.5 Å². The summed E-state index contributed by atoms with van der Waals surface area (Å²) < 4.78 is 0. The molecule has 0 radical (unpaired) electrons. The van der Waals surface area contributed by atoms with Gasteiger partial charge in [0.2, 0.25) is 0 Å². The molecule has 0 aliphatic carbocycles. The van der Waals surface area contributed by atoms with E-state index in [1.165, 1.54) is 24.1 Å². The Bertz CT molecular complexity index is 316. The van der Waals surface area contributed by atoms with Crippen LogP contribution in [0.5, 0.6) is 0 Å². The predicted octanol–water partition coefficient (Wildman–Crippen LogP) is 2.07. The van der Waals surface area contributed by atoms with Gasteiger partial charge < -0.3 is 5.32 Å². The molecule has 0 saturated carbocycles. The highest BCUT2D eigenvalue weighted by Crippen LogP contribution is 2.29. The molecule has 1 N–H and O–H groups in total. The Morgan fingerprint density at radius 1 is 1.33 bits per heavy atom. The van der Waals surface area contributed by atoms with Crippen molar-refractivity contribution < 1.29 is 0 Å². The fourth-order valence-electron chi connectivity index (χ4n) is 2.23. The van der Waals surface area contributed by atoms with Gasteiger partial charge in [-0.1, -0.05) is 13.8 Å². The van der Waals surface area contributed by atoms with Crippen LogP contribution in [0.3, 0.4) is 0 Å². The number of hydrogen-bond donors (Lipinski definition) is 1. The lowest BCUT2D eigenvalue weighted by atomic mass is 9.88. The maximum atomic E-state index is 4.48. The fourth-order valence-corrected chi connectivity index (χ4v) is 2.23. The highest BCUT2D eigenvalue weighted by molar-refractivity contribution is 5.23. The van der Waals surface area contributed by atoms with Gasteiger partial charge in [0.1, 0.15) is 6.33 Å². The van der Waals surface area contributed by atoms with Crippen LogP contribution in [0.2, 0.25) is 0 Å². The normalized spacial score (nSPS) is 18.3. The fraction of sp³-hybridized carbons (Fsp3) is 0.667. The second-order valence-corrected chi connectivity index (χ2v) is 4.54. The molecule has 0 bridgehead atoms. The minimum Gasteiger partial charge on any atom is -0.317 e. The van der Waals surface area contributed by atoms with Crippen molar-refractivity contribution in [2.24, 2.45) is 0 Å². The van der Waals surface area contributed by atoms with E-state index >= 15 is 0 Å². The van der Waals surface area contributed by atoms with Crippen molar-refractivity contribution in [2.75, 3.05) is 13.1 Å². The van der Waals surface area contributed by atoms with Crippen LogP contribution in [0.25, 0.3) is 0 Å². The van der Waals surface area contributed by atoms with E-state index in [2.05, 4.69) is 29.1 Å². The lowest BCUT2D eigenvalue weighted by Gasteiger charge is -2.24. The highest BCUT2D eigenvalue weighted by Gasteiger charge is 2.20. The smallest absolute Gasteiger partial charge is 0.115 e. The monoisotopic (exact) mass is 205 g/mol. The zero-order valence-electron chi connectivity index (χ0n) is 9.53. The standard InChI is InChI=1S/C12H19N3/c1-9(2)11-7-14-8-15-12(11)10-3-5-13-6-4-10/h7-10,13H,3-6H2,1-2H3. The summed E-state index contributed by atoms with van der Waals surface area (Å²) in [4.78, 5) is 8.62. The number of rotatable bonds is 2. The summed E-state index contributed by atoms with van der Waals surface area (Å²) in [7, 11) is 0. The Kier molecular flexibility index (Phi) is 3.31. The van der Waals surface area contributed by atoms with E-state index in [0.717, 1.165) is 13.1 Å². The van der Waals surface area contributed by atoms with Crippen molar-refractivity contribution in [1.29, 1.82) is 0 Å². The van der Waals surface area contributed by atoms with Crippen LogP contribution < -0.4 is 5.32 Å². The predicted molar refractivity (Wildman–Crippen MR) is 61.0 cm³/mol. The maximum absolute atomic E-state index is 4.48. The third-order valence-electron chi connectivity index (χ3n) is 3.12. The maximum Gasteiger partial charge on any atom is 0.115 e. The van der Waals surface area contributed by atoms with E-state index < -0.39 is 0 Å². The van der Waals surface area contributed by atoms with Crippen LogP contribution in [-0.4, -0.2) is 23.1 Å². The molecule has 1 aliphatic heterocycles. The van der Waals surface area contributed by atoms with E-state index in [1.54, 1.807) is 6.33 Å². The van der Waals surface area contributed by atoms with Gasteiger partial charge in [-0.25, -0.2) is 9.97 Å². The van der Waals surface area contributed by atoms with Gasteiger partial charge in [-0.15, -0.1) is 0 Å². The van der Waals surface area contributed by atoms with Crippen LogP contribution in [0.1, 0.15) is 49.8 Å². The lowest BCUT2D eigenvalue weighted by Crippen LogP contribution is -2.27. The molecule has 1 saturated heterocycles. The van der Waals surface area contributed by atoms with Crippen molar-refractivity contribution >= 4 is 0 Å². The van der Waals surface area contributed by atoms with E-state index in [9.17, 15) is 0 Å². The van der Waals surface area contributed by atoms with Gasteiger partial charge in [-0.2, -0.15) is 0 Å². The number of piperidine rings is 1. The molecule has 0 spiro atoms. The zero-order chi connectivity index (χ0) is 10.7. The molecule has 0 aromatic carbocycles. The SMILES string of the molecule is CC(C)c1cncnc1C1CCNCC1. The summed E-state index contributed by atoms with van der Waals surface area (Å²) >= 11 is 0. The Balaban J connectivity index is 2.25. The summed E-state index contributed by atoms with van der Waals surface area (Å²) in [6.45, 7) is 6.66. The molecule has 2 heterocycles. The largest absolute Gasteiger partial charge is 0.317 e.